The van der Waals surface area contributed by atoms with Crippen LogP contribution in [0.15, 0.2) is 41.1 Å². The van der Waals surface area contributed by atoms with Crippen molar-refractivity contribution in [3.8, 4) is 11.3 Å². The zero-order valence-corrected chi connectivity index (χ0v) is 18.7. The van der Waals surface area contributed by atoms with E-state index in [0.29, 0.717) is 27.2 Å². The van der Waals surface area contributed by atoms with Gasteiger partial charge in [0, 0.05) is 35.0 Å². The Morgan fingerprint density at radius 3 is 2.73 bits per heavy atom. The van der Waals surface area contributed by atoms with Crippen molar-refractivity contribution < 1.29 is 9.18 Å². The van der Waals surface area contributed by atoms with Crippen molar-refractivity contribution in [1.29, 1.82) is 0 Å². The van der Waals surface area contributed by atoms with E-state index < -0.39 is 0 Å². The van der Waals surface area contributed by atoms with Gasteiger partial charge in [0.05, 0.1) is 11.3 Å². The summed E-state index contributed by atoms with van der Waals surface area (Å²) in [5, 5.41) is 0. The number of aromatic nitrogens is 2. The number of fused-ring (bicyclic) bond motifs is 1. The van der Waals surface area contributed by atoms with Gasteiger partial charge in [0.25, 0.3) is 5.91 Å². The third-order valence-corrected chi connectivity index (χ3v) is 6.86. The lowest BCUT2D eigenvalue weighted by Gasteiger charge is -2.27. The number of carbonyl (C=O) groups is 1. The molecule has 0 radical (unpaired) electrons. The number of imidazole rings is 1. The largest absolute Gasteiger partial charge is 0.336 e. The summed E-state index contributed by atoms with van der Waals surface area (Å²) in [6.45, 7) is 2.96. The molecular formula is C24H25BrFN3O. The standard InChI is InChI=1S/C24H25BrFN3O/c1-15-5-3-2-4-10-29(15)24(30)17-11-20(16-6-7-16)23-27-22(14-28(23)13-17)19-9-8-18(25)12-21(19)26/h8-9,11-16H,2-7,10H2,1H3/t15-/m1/s1. The number of rotatable bonds is 3. The highest BCUT2D eigenvalue weighted by molar-refractivity contribution is 9.10. The van der Waals surface area contributed by atoms with Gasteiger partial charge in [-0.3, -0.25) is 4.79 Å². The van der Waals surface area contributed by atoms with Crippen molar-refractivity contribution in [2.45, 2.75) is 57.4 Å². The first-order chi connectivity index (χ1) is 14.5. The van der Waals surface area contributed by atoms with Crippen LogP contribution in [0, 0.1) is 5.82 Å². The predicted octanol–water partition coefficient (Wildman–Crippen LogP) is 6.19. The molecule has 3 heterocycles. The highest BCUT2D eigenvalue weighted by Gasteiger charge is 2.30. The Labute approximate surface area is 184 Å². The maximum atomic E-state index is 14.5. The van der Waals surface area contributed by atoms with Crippen LogP contribution in [-0.2, 0) is 0 Å². The van der Waals surface area contributed by atoms with Crippen LogP contribution < -0.4 is 0 Å². The lowest BCUT2D eigenvalue weighted by atomic mass is 10.1. The van der Waals surface area contributed by atoms with Gasteiger partial charge in [-0.1, -0.05) is 28.8 Å². The fourth-order valence-electron chi connectivity index (χ4n) is 4.51. The monoisotopic (exact) mass is 469 g/mol. The second-order valence-electron chi connectivity index (χ2n) is 8.64. The van der Waals surface area contributed by atoms with Crippen LogP contribution in [0.4, 0.5) is 4.39 Å². The maximum Gasteiger partial charge on any atom is 0.255 e. The minimum atomic E-state index is -0.310. The maximum absolute atomic E-state index is 14.5. The molecule has 2 aromatic heterocycles. The van der Waals surface area contributed by atoms with Crippen molar-refractivity contribution >= 4 is 27.5 Å². The molecule has 2 fully saturated rings. The summed E-state index contributed by atoms with van der Waals surface area (Å²) in [6, 6.07) is 7.30. The molecule has 6 heteroatoms. The lowest BCUT2D eigenvalue weighted by molar-refractivity contribution is 0.0697. The second kappa shape index (κ2) is 7.80. The molecule has 1 aromatic carbocycles. The van der Waals surface area contributed by atoms with Crippen LogP contribution in [0.2, 0.25) is 0 Å². The van der Waals surface area contributed by atoms with Crippen LogP contribution in [0.25, 0.3) is 16.9 Å². The fourth-order valence-corrected chi connectivity index (χ4v) is 4.84. The predicted molar refractivity (Wildman–Crippen MR) is 119 cm³/mol. The van der Waals surface area contributed by atoms with Gasteiger partial charge in [-0.15, -0.1) is 0 Å². The number of likely N-dealkylation sites (tertiary alicyclic amines) is 1. The SMILES string of the molecule is C[C@@H]1CCCCCN1C(=O)c1cc(C2CC2)c2nc(-c3ccc(Br)cc3F)cn2c1. The van der Waals surface area contributed by atoms with Crippen molar-refractivity contribution in [2.75, 3.05) is 6.54 Å². The highest BCUT2D eigenvalue weighted by Crippen LogP contribution is 2.42. The van der Waals surface area contributed by atoms with E-state index in [0.717, 1.165) is 43.4 Å². The first-order valence-corrected chi connectivity index (χ1v) is 11.6. The summed E-state index contributed by atoms with van der Waals surface area (Å²) >= 11 is 3.31. The fraction of sp³-hybridized carbons (Fsp3) is 0.417. The molecule has 1 saturated heterocycles. The van der Waals surface area contributed by atoms with E-state index in [2.05, 4.69) is 22.9 Å². The molecule has 1 aliphatic carbocycles. The average molecular weight is 470 g/mol. The molecule has 156 valence electrons. The molecule has 5 rings (SSSR count). The number of amides is 1. The molecule has 30 heavy (non-hydrogen) atoms. The summed E-state index contributed by atoms with van der Waals surface area (Å²) in [5.74, 6) is 0.223. The molecular weight excluding hydrogens is 445 g/mol. The van der Waals surface area contributed by atoms with E-state index in [9.17, 15) is 9.18 Å². The molecule has 0 unspecified atom stereocenters. The van der Waals surface area contributed by atoms with Gasteiger partial charge in [-0.25, -0.2) is 9.37 Å². The summed E-state index contributed by atoms with van der Waals surface area (Å²) in [6.07, 6.45) is 10.4. The van der Waals surface area contributed by atoms with E-state index in [-0.39, 0.29) is 17.8 Å². The Kier molecular flexibility index (Phi) is 5.13. The number of pyridine rings is 1. The molecule has 0 spiro atoms. The summed E-state index contributed by atoms with van der Waals surface area (Å²) in [5.41, 5.74) is 3.70. The molecule has 1 atom stereocenters. The molecule has 3 aromatic rings. The van der Waals surface area contributed by atoms with Crippen molar-refractivity contribution in [3.63, 3.8) is 0 Å². The van der Waals surface area contributed by atoms with Crippen LogP contribution in [-0.4, -0.2) is 32.8 Å². The molecule has 4 nitrogen and oxygen atoms in total. The van der Waals surface area contributed by atoms with Crippen LogP contribution in [0.1, 0.15) is 67.3 Å². The normalized spacial score (nSPS) is 19.8. The topological polar surface area (TPSA) is 37.6 Å². The van der Waals surface area contributed by atoms with Crippen molar-refractivity contribution in [3.05, 3.63) is 58.1 Å². The first-order valence-electron chi connectivity index (χ1n) is 10.8. The van der Waals surface area contributed by atoms with Crippen LogP contribution in [0.3, 0.4) is 0 Å². The Morgan fingerprint density at radius 2 is 1.97 bits per heavy atom. The number of nitrogens with zero attached hydrogens (tertiary/aromatic N) is 3. The Morgan fingerprint density at radius 1 is 1.13 bits per heavy atom. The van der Waals surface area contributed by atoms with Crippen LogP contribution in [0.5, 0.6) is 0 Å². The smallest absolute Gasteiger partial charge is 0.255 e. The molecule has 1 aliphatic heterocycles. The van der Waals surface area contributed by atoms with Gasteiger partial charge in [0.1, 0.15) is 11.5 Å². The zero-order chi connectivity index (χ0) is 20.8. The minimum Gasteiger partial charge on any atom is -0.336 e. The molecule has 2 aliphatic rings. The average Bonchev–Trinajstić information content (AvgIpc) is 3.50. The quantitative estimate of drug-likeness (QED) is 0.458. The second-order valence-corrected chi connectivity index (χ2v) is 9.55. The van der Waals surface area contributed by atoms with E-state index in [1.54, 1.807) is 6.07 Å². The number of hydrogen-bond donors (Lipinski definition) is 0. The third kappa shape index (κ3) is 3.66. The molecule has 1 amide bonds. The van der Waals surface area contributed by atoms with Gasteiger partial charge in [-0.05, 0) is 68.4 Å². The Bertz CT molecular complexity index is 1120. The number of carbonyl (C=O) groups excluding carboxylic acids is 1. The van der Waals surface area contributed by atoms with Crippen LogP contribution >= 0.6 is 15.9 Å². The van der Waals surface area contributed by atoms with Gasteiger partial charge >= 0.3 is 0 Å². The number of halogens is 2. The van der Waals surface area contributed by atoms with E-state index >= 15 is 0 Å². The van der Waals surface area contributed by atoms with E-state index in [4.69, 9.17) is 4.98 Å². The van der Waals surface area contributed by atoms with Gasteiger partial charge in [0.2, 0.25) is 0 Å². The molecule has 0 bridgehead atoms. The summed E-state index contributed by atoms with van der Waals surface area (Å²) < 4.78 is 17.1. The first kappa shape index (κ1) is 19.7. The van der Waals surface area contributed by atoms with Crippen molar-refractivity contribution in [1.82, 2.24) is 14.3 Å². The number of benzene rings is 1. The summed E-state index contributed by atoms with van der Waals surface area (Å²) in [7, 11) is 0. The van der Waals surface area contributed by atoms with Crippen molar-refractivity contribution in [2.24, 2.45) is 0 Å². The van der Waals surface area contributed by atoms with Gasteiger partial charge in [-0.2, -0.15) is 0 Å². The molecule has 0 N–H and O–H groups in total. The molecule has 1 saturated carbocycles. The highest BCUT2D eigenvalue weighted by atomic mass is 79.9. The number of hydrogen-bond acceptors (Lipinski definition) is 2. The Balaban J connectivity index is 1.58. The van der Waals surface area contributed by atoms with Gasteiger partial charge in [0.15, 0.2) is 0 Å². The zero-order valence-electron chi connectivity index (χ0n) is 17.1. The van der Waals surface area contributed by atoms with E-state index in [1.807, 2.05) is 33.8 Å². The lowest BCUT2D eigenvalue weighted by Crippen LogP contribution is -2.38. The third-order valence-electron chi connectivity index (χ3n) is 6.36. The van der Waals surface area contributed by atoms with Gasteiger partial charge < -0.3 is 9.30 Å². The Hall–Kier alpha value is -2.21. The van der Waals surface area contributed by atoms with E-state index in [1.165, 1.54) is 18.9 Å². The minimum absolute atomic E-state index is 0.0956. The summed E-state index contributed by atoms with van der Waals surface area (Å²) in [4.78, 5) is 20.2.